The Hall–Kier alpha value is -1.55. The number of hydrogen-bond donors (Lipinski definition) is 3. The van der Waals surface area contributed by atoms with Crippen LogP contribution in [0.1, 0.15) is 25.7 Å². The molecule has 1 aliphatic heterocycles. The fraction of sp³-hybridized carbons (Fsp3) is 0.500. The maximum atomic E-state index is 11.8. The number of carbonyl (C=O) groups excluding carboxylic acids is 1. The summed E-state index contributed by atoms with van der Waals surface area (Å²) < 4.78 is 0. The van der Waals surface area contributed by atoms with Crippen LogP contribution in [0.2, 0.25) is 0 Å². The molecule has 0 saturated carbocycles. The minimum Gasteiger partial charge on any atom is -0.506 e. The zero-order valence-electron chi connectivity index (χ0n) is 10.5. The number of hydrogen-bond acceptors (Lipinski definition) is 3. The molecular weight excluding hydrogens is 228 g/mol. The van der Waals surface area contributed by atoms with E-state index in [0.717, 1.165) is 19.5 Å². The van der Waals surface area contributed by atoms with Gasteiger partial charge >= 0.3 is 0 Å². The van der Waals surface area contributed by atoms with Gasteiger partial charge in [-0.25, -0.2) is 0 Å². The van der Waals surface area contributed by atoms with E-state index in [9.17, 15) is 9.90 Å². The van der Waals surface area contributed by atoms with Crippen LogP contribution in [0.4, 0.5) is 5.69 Å². The van der Waals surface area contributed by atoms with Gasteiger partial charge in [-0.3, -0.25) is 4.79 Å². The van der Waals surface area contributed by atoms with E-state index in [4.69, 9.17) is 0 Å². The largest absolute Gasteiger partial charge is 0.506 e. The Morgan fingerprint density at radius 3 is 3.00 bits per heavy atom. The molecule has 1 aromatic rings. The predicted molar refractivity (Wildman–Crippen MR) is 71.6 cm³/mol. The summed E-state index contributed by atoms with van der Waals surface area (Å²) in [6, 6.07) is 6.80. The molecule has 1 aliphatic rings. The first-order valence-electron chi connectivity index (χ1n) is 6.54. The van der Waals surface area contributed by atoms with Crippen LogP contribution < -0.4 is 10.6 Å². The zero-order chi connectivity index (χ0) is 12.8. The number of para-hydroxylation sites is 2. The standard InChI is InChI=1S/C14H20N2O2/c17-13-6-2-1-5-12(13)16-14(18)8-7-11-4-3-9-15-10-11/h1-2,5-6,11,15,17H,3-4,7-10H2,(H,16,18). The Labute approximate surface area is 107 Å². The van der Waals surface area contributed by atoms with Gasteiger partial charge in [0.1, 0.15) is 5.75 Å². The molecule has 0 aliphatic carbocycles. The molecule has 0 radical (unpaired) electrons. The fourth-order valence-corrected chi connectivity index (χ4v) is 2.30. The summed E-state index contributed by atoms with van der Waals surface area (Å²) in [7, 11) is 0. The van der Waals surface area contributed by atoms with Crippen molar-refractivity contribution in [2.75, 3.05) is 18.4 Å². The van der Waals surface area contributed by atoms with Gasteiger partial charge in [0.25, 0.3) is 0 Å². The van der Waals surface area contributed by atoms with Crippen molar-refractivity contribution in [3.8, 4) is 5.75 Å². The van der Waals surface area contributed by atoms with Crippen molar-refractivity contribution < 1.29 is 9.90 Å². The van der Waals surface area contributed by atoms with Crippen molar-refractivity contribution in [1.29, 1.82) is 0 Å². The second-order valence-electron chi connectivity index (χ2n) is 4.82. The number of aromatic hydroxyl groups is 1. The molecule has 2 rings (SSSR count). The third kappa shape index (κ3) is 3.74. The van der Waals surface area contributed by atoms with E-state index in [1.54, 1.807) is 24.3 Å². The predicted octanol–water partition coefficient (Wildman–Crippen LogP) is 2.11. The number of phenolic OH excluding ortho intramolecular Hbond substituents is 1. The topological polar surface area (TPSA) is 61.4 Å². The lowest BCUT2D eigenvalue weighted by Crippen LogP contribution is -2.30. The number of anilines is 1. The maximum Gasteiger partial charge on any atom is 0.224 e. The first-order chi connectivity index (χ1) is 8.75. The third-order valence-corrected chi connectivity index (χ3v) is 3.36. The number of amides is 1. The Morgan fingerprint density at radius 2 is 2.28 bits per heavy atom. The molecule has 3 N–H and O–H groups in total. The number of benzene rings is 1. The quantitative estimate of drug-likeness (QED) is 0.715. The van der Waals surface area contributed by atoms with Gasteiger partial charge in [-0.2, -0.15) is 0 Å². The van der Waals surface area contributed by atoms with Gasteiger partial charge in [0.2, 0.25) is 5.91 Å². The number of nitrogens with one attached hydrogen (secondary N) is 2. The Balaban J connectivity index is 1.76. The molecule has 18 heavy (non-hydrogen) atoms. The molecule has 1 saturated heterocycles. The minimum absolute atomic E-state index is 0.0259. The van der Waals surface area contributed by atoms with E-state index < -0.39 is 0 Å². The number of phenols is 1. The number of rotatable bonds is 4. The van der Waals surface area contributed by atoms with Crippen molar-refractivity contribution >= 4 is 11.6 Å². The number of piperidine rings is 1. The molecule has 0 aromatic heterocycles. The molecule has 1 amide bonds. The van der Waals surface area contributed by atoms with Crippen LogP contribution in [-0.4, -0.2) is 24.1 Å². The third-order valence-electron chi connectivity index (χ3n) is 3.36. The monoisotopic (exact) mass is 248 g/mol. The van der Waals surface area contributed by atoms with Crippen LogP contribution in [0.15, 0.2) is 24.3 Å². The molecule has 1 fully saturated rings. The van der Waals surface area contributed by atoms with Gasteiger partial charge in [-0.05, 0) is 50.4 Å². The van der Waals surface area contributed by atoms with Crippen LogP contribution in [0, 0.1) is 5.92 Å². The van der Waals surface area contributed by atoms with Gasteiger partial charge in [0.05, 0.1) is 5.69 Å². The SMILES string of the molecule is O=C(CCC1CCCNC1)Nc1ccccc1O. The van der Waals surface area contributed by atoms with Gasteiger partial charge in [0, 0.05) is 6.42 Å². The lowest BCUT2D eigenvalue weighted by atomic mass is 9.94. The van der Waals surface area contributed by atoms with Crippen molar-refractivity contribution in [3.05, 3.63) is 24.3 Å². The van der Waals surface area contributed by atoms with Gasteiger partial charge in [0.15, 0.2) is 0 Å². The van der Waals surface area contributed by atoms with Crippen LogP contribution in [0.5, 0.6) is 5.75 Å². The van der Waals surface area contributed by atoms with E-state index in [2.05, 4.69) is 10.6 Å². The summed E-state index contributed by atoms with van der Waals surface area (Å²) in [6.07, 6.45) is 3.83. The number of carbonyl (C=O) groups is 1. The molecule has 1 heterocycles. The Kier molecular flexibility index (Phi) is 4.59. The van der Waals surface area contributed by atoms with Crippen molar-refractivity contribution in [3.63, 3.8) is 0 Å². The fourth-order valence-electron chi connectivity index (χ4n) is 2.30. The highest BCUT2D eigenvalue weighted by atomic mass is 16.3. The molecule has 1 aromatic carbocycles. The Bertz CT molecular complexity index is 401. The van der Waals surface area contributed by atoms with E-state index in [-0.39, 0.29) is 11.7 Å². The smallest absolute Gasteiger partial charge is 0.224 e. The lowest BCUT2D eigenvalue weighted by Gasteiger charge is -2.22. The van der Waals surface area contributed by atoms with Crippen LogP contribution in [0.25, 0.3) is 0 Å². The van der Waals surface area contributed by atoms with Crippen LogP contribution >= 0.6 is 0 Å². The summed E-state index contributed by atoms with van der Waals surface area (Å²) >= 11 is 0. The average Bonchev–Trinajstić information content (AvgIpc) is 2.40. The van der Waals surface area contributed by atoms with Crippen LogP contribution in [-0.2, 0) is 4.79 Å². The van der Waals surface area contributed by atoms with E-state index in [1.807, 2.05) is 0 Å². The maximum absolute atomic E-state index is 11.8. The molecular formula is C14H20N2O2. The molecule has 0 bridgehead atoms. The summed E-state index contributed by atoms with van der Waals surface area (Å²) in [4.78, 5) is 11.8. The van der Waals surface area contributed by atoms with Crippen molar-refractivity contribution in [2.45, 2.75) is 25.7 Å². The van der Waals surface area contributed by atoms with E-state index >= 15 is 0 Å². The lowest BCUT2D eigenvalue weighted by molar-refractivity contribution is -0.116. The normalized spacial score (nSPS) is 19.4. The van der Waals surface area contributed by atoms with Gasteiger partial charge in [-0.15, -0.1) is 0 Å². The average molecular weight is 248 g/mol. The minimum atomic E-state index is -0.0259. The van der Waals surface area contributed by atoms with E-state index in [1.165, 1.54) is 12.8 Å². The summed E-state index contributed by atoms with van der Waals surface area (Å²) in [6.45, 7) is 2.12. The molecule has 1 atom stereocenters. The van der Waals surface area contributed by atoms with Gasteiger partial charge in [-0.1, -0.05) is 12.1 Å². The highest BCUT2D eigenvalue weighted by Crippen LogP contribution is 2.22. The van der Waals surface area contributed by atoms with Crippen molar-refractivity contribution in [2.24, 2.45) is 5.92 Å². The molecule has 1 unspecified atom stereocenters. The second-order valence-corrected chi connectivity index (χ2v) is 4.82. The first-order valence-corrected chi connectivity index (χ1v) is 6.54. The highest BCUT2D eigenvalue weighted by Gasteiger charge is 2.14. The first kappa shape index (κ1) is 12.9. The summed E-state index contributed by atoms with van der Waals surface area (Å²) in [5.74, 6) is 0.695. The van der Waals surface area contributed by atoms with Gasteiger partial charge < -0.3 is 15.7 Å². The highest BCUT2D eigenvalue weighted by molar-refractivity contribution is 5.92. The second kappa shape index (κ2) is 6.40. The molecule has 4 heteroatoms. The Morgan fingerprint density at radius 1 is 1.44 bits per heavy atom. The molecule has 4 nitrogen and oxygen atoms in total. The summed E-state index contributed by atoms with van der Waals surface area (Å²) in [5.41, 5.74) is 0.490. The van der Waals surface area contributed by atoms with Crippen molar-refractivity contribution in [1.82, 2.24) is 5.32 Å². The molecule has 0 spiro atoms. The van der Waals surface area contributed by atoms with E-state index in [0.29, 0.717) is 18.0 Å². The zero-order valence-corrected chi connectivity index (χ0v) is 10.5. The van der Waals surface area contributed by atoms with Crippen LogP contribution in [0.3, 0.4) is 0 Å². The molecule has 98 valence electrons. The summed E-state index contributed by atoms with van der Waals surface area (Å²) in [5, 5.41) is 15.6.